The van der Waals surface area contributed by atoms with Gasteiger partial charge < -0.3 is 0 Å². The number of nitro benzene ring substituents is 1. The Morgan fingerprint density at radius 3 is 2.58 bits per heavy atom. The number of aromatic nitrogens is 2. The monoisotopic (exact) mass is 341 g/mol. The van der Waals surface area contributed by atoms with Crippen molar-refractivity contribution in [3.8, 4) is 11.3 Å². The van der Waals surface area contributed by atoms with Crippen LogP contribution in [-0.4, -0.2) is 15.1 Å². The van der Waals surface area contributed by atoms with E-state index in [0.29, 0.717) is 21.8 Å². The number of hydrogen-bond acceptors (Lipinski definition) is 4. The van der Waals surface area contributed by atoms with E-state index in [4.69, 9.17) is 11.6 Å². The highest BCUT2D eigenvalue weighted by Crippen LogP contribution is 2.20. The van der Waals surface area contributed by atoms with Crippen LogP contribution in [0, 0.1) is 10.1 Å². The number of hydrogen-bond donors (Lipinski definition) is 1. The molecule has 3 aromatic rings. The first-order chi connectivity index (χ1) is 11.5. The average molecular weight is 342 g/mol. The highest BCUT2D eigenvalue weighted by molar-refractivity contribution is 6.30. The molecule has 0 aliphatic heterocycles. The second-order valence-corrected chi connectivity index (χ2v) is 5.65. The van der Waals surface area contributed by atoms with Gasteiger partial charge in [0.25, 0.3) is 11.2 Å². The fraction of sp³-hybridized carbons (Fsp3) is 0.0588. The van der Waals surface area contributed by atoms with E-state index < -0.39 is 4.92 Å². The van der Waals surface area contributed by atoms with Crippen molar-refractivity contribution in [2.75, 3.05) is 0 Å². The van der Waals surface area contributed by atoms with Crippen LogP contribution in [0.25, 0.3) is 11.3 Å². The van der Waals surface area contributed by atoms with E-state index >= 15 is 0 Å². The molecule has 1 aromatic heterocycles. The summed E-state index contributed by atoms with van der Waals surface area (Å²) >= 11 is 5.87. The Labute approximate surface area is 141 Å². The van der Waals surface area contributed by atoms with E-state index in [1.807, 2.05) is 0 Å². The molecule has 1 heterocycles. The Bertz CT molecular complexity index is 952. The molecule has 0 aliphatic rings. The zero-order chi connectivity index (χ0) is 17.1. The van der Waals surface area contributed by atoms with Crippen molar-refractivity contribution in [1.82, 2.24) is 10.2 Å². The van der Waals surface area contributed by atoms with Gasteiger partial charge in [0.2, 0.25) is 0 Å². The first-order valence-electron chi connectivity index (χ1n) is 7.11. The number of H-pyrrole nitrogens is 1. The lowest BCUT2D eigenvalue weighted by Gasteiger charge is -2.05. The molecular formula is C17H12ClN3O3. The number of rotatable bonds is 4. The van der Waals surface area contributed by atoms with Gasteiger partial charge in [0, 0.05) is 34.7 Å². The minimum Gasteiger partial charge on any atom is -0.268 e. The summed E-state index contributed by atoms with van der Waals surface area (Å²) < 4.78 is 0. The molecule has 7 heteroatoms. The summed E-state index contributed by atoms with van der Waals surface area (Å²) in [5.41, 5.74) is 2.26. The van der Waals surface area contributed by atoms with Crippen LogP contribution in [0.3, 0.4) is 0 Å². The summed E-state index contributed by atoms with van der Waals surface area (Å²) in [4.78, 5) is 22.4. The van der Waals surface area contributed by atoms with Crippen LogP contribution in [0.5, 0.6) is 0 Å². The normalized spacial score (nSPS) is 10.5. The fourth-order valence-electron chi connectivity index (χ4n) is 2.35. The van der Waals surface area contributed by atoms with Gasteiger partial charge in [-0.05, 0) is 23.8 Å². The van der Waals surface area contributed by atoms with Crippen LogP contribution >= 0.6 is 11.6 Å². The molecule has 120 valence electrons. The number of nitro groups is 1. The molecule has 1 N–H and O–H groups in total. The number of nitrogens with one attached hydrogen (secondary N) is 1. The Morgan fingerprint density at radius 2 is 1.88 bits per heavy atom. The van der Waals surface area contributed by atoms with Crippen molar-refractivity contribution in [3.05, 3.63) is 91.2 Å². The molecule has 0 radical (unpaired) electrons. The number of non-ortho nitro benzene ring substituents is 1. The second-order valence-electron chi connectivity index (χ2n) is 5.22. The predicted octanol–water partition coefficient (Wildman–Crippen LogP) is 3.59. The molecule has 0 fully saturated rings. The van der Waals surface area contributed by atoms with Crippen molar-refractivity contribution in [2.45, 2.75) is 6.42 Å². The Hall–Kier alpha value is -2.99. The van der Waals surface area contributed by atoms with E-state index in [1.54, 1.807) is 42.5 Å². The van der Waals surface area contributed by atoms with Gasteiger partial charge in [0.05, 0.1) is 10.6 Å². The summed E-state index contributed by atoms with van der Waals surface area (Å²) in [6.07, 6.45) is 0.278. The smallest absolute Gasteiger partial charge is 0.268 e. The highest BCUT2D eigenvalue weighted by Gasteiger charge is 2.10. The molecule has 6 nitrogen and oxygen atoms in total. The van der Waals surface area contributed by atoms with Gasteiger partial charge in [-0.3, -0.25) is 14.9 Å². The van der Waals surface area contributed by atoms with Gasteiger partial charge in [-0.15, -0.1) is 0 Å². The maximum absolute atomic E-state index is 12.0. The van der Waals surface area contributed by atoms with E-state index in [-0.39, 0.29) is 17.7 Å². The van der Waals surface area contributed by atoms with Crippen LogP contribution in [0.4, 0.5) is 5.69 Å². The van der Waals surface area contributed by atoms with Gasteiger partial charge in [0.1, 0.15) is 0 Å². The molecule has 0 saturated carbocycles. The second kappa shape index (κ2) is 6.64. The summed E-state index contributed by atoms with van der Waals surface area (Å²) in [7, 11) is 0. The number of halogens is 1. The van der Waals surface area contributed by atoms with Gasteiger partial charge >= 0.3 is 0 Å². The Balaban J connectivity index is 1.95. The van der Waals surface area contributed by atoms with Crippen molar-refractivity contribution in [2.24, 2.45) is 0 Å². The lowest BCUT2D eigenvalue weighted by molar-refractivity contribution is -0.384. The van der Waals surface area contributed by atoms with Crippen molar-refractivity contribution in [3.63, 3.8) is 0 Å². The first-order valence-corrected chi connectivity index (χ1v) is 7.48. The fourth-order valence-corrected chi connectivity index (χ4v) is 2.47. The van der Waals surface area contributed by atoms with Gasteiger partial charge in [-0.25, -0.2) is 5.10 Å². The maximum atomic E-state index is 12.0. The predicted molar refractivity (Wildman–Crippen MR) is 91.2 cm³/mol. The Kier molecular flexibility index (Phi) is 4.39. The highest BCUT2D eigenvalue weighted by atomic mass is 35.5. The van der Waals surface area contributed by atoms with Gasteiger partial charge in [-0.1, -0.05) is 35.9 Å². The molecule has 0 aliphatic carbocycles. The lowest BCUT2D eigenvalue weighted by Crippen LogP contribution is -2.15. The standard InChI is InChI=1S/C17H12ClN3O3/c18-14-6-4-12(5-7-14)16-10-13(17(22)20-19-16)8-11-2-1-3-15(9-11)21(23)24/h1-7,9-10H,8H2,(H,20,22). The quantitative estimate of drug-likeness (QED) is 0.580. The zero-order valence-corrected chi connectivity index (χ0v) is 13.2. The number of aromatic amines is 1. The summed E-state index contributed by atoms with van der Waals surface area (Å²) in [5, 5.41) is 18.0. The van der Waals surface area contributed by atoms with Gasteiger partial charge in [-0.2, -0.15) is 5.10 Å². The van der Waals surface area contributed by atoms with E-state index in [0.717, 1.165) is 5.56 Å². The molecule has 2 aromatic carbocycles. The van der Waals surface area contributed by atoms with Gasteiger partial charge in [0.15, 0.2) is 0 Å². The largest absolute Gasteiger partial charge is 0.269 e. The SMILES string of the molecule is O=c1[nH]nc(-c2ccc(Cl)cc2)cc1Cc1cccc([N+](=O)[O-])c1. The van der Waals surface area contributed by atoms with Crippen LogP contribution in [-0.2, 0) is 6.42 Å². The van der Waals surface area contributed by atoms with E-state index in [1.165, 1.54) is 12.1 Å². The molecule has 0 atom stereocenters. The lowest BCUT2D eigenvalue weighted by atomic mass is 10.0. The molecule has 24 heavy (non-hydrogen) atoms. The maximum Gasteiger partial charge on any atom is 0.269 e. The van der Waals surface area contributed by atoms with E-state index in [9.17, 15) is 14.9 Å². The Morgan fingerprint density at radius 1 is 1.12 bits per heavy atom. The van der Waals surface area contributed by atoms with Crippen LogP contribution < -0.4 is 5.56 Å². The molecule has 0 unspecified atom stereocenters. The minimum absolute atomic E-state index is 0.00379. The third kappa shape index (κ3) is 3.49. The molecule has 0 amide bonds. The number of benzene rings is 2. The third-order valence-corrected chi connectivity index (χ3v) is 3.79. The van der Waals surface area contributed by atoms with E-state index in [2.05, 4.69) is 10.2 Å². The van der Waals surface area contributed by atoms with Crippen LogP contribution in [0.15, 0.2) is 59.4 Å². The third-order valence-electron chi connectivity index (χ3n) is 3.54. The average Bonchev–Trinajstić information content (AvgIpc) is 2.58. The minimum atomic E-state index is -0.459. The summed E-state index contributed by atoms with van der Waals surface area (Å²) in [5.74, 6) is 0. The molecule has 0 spiro atoms. The van der Waals surface area contributed by atoms with Crippen LogP contribution in [0.1, 0.15) is 11.1 Å². The summed E-state index contributed by atoms with van der Waals surface area (Å²) in [6.45, 7) is 0. The van der Waals surface area contributed by atoms with Crippen molar-refractivity contribution >= 4 is 17.3 Å². The molecular weight excluding hydrogens is 330 g/mol. The number of nitrogens with zero attached hydrogens (tertiary/aromatic N) is 2. The molecule has 0 saturated heterocycles. The molecule has 3 rings (SSSR count). The van der Waals surface area contributed by atoms with Crippen molar-refractivity contribution in [1.29, 1.82) is 0 Å². The van der Waals surface area contributed by atoms with Crippen molar-refractivity contribution < 1.29 is 4.92 Å². The van der Waals surface area contributed by atoms with Crippen LogP contribution in [0.2, 0.25) is 5.02 Å². The summed E-state index contributed by atoms with van der Waals surface area (Å²) in [6, 6.07) is 15.0. The topological polar surface area (TPSA) is 88.9 Å². The molecule has 0 bridgehead atoms. The zero-order valence-electron chi connectivity index (χ0n) is 12.4. The first kappa shape index (κ1) is 15.9.